The van der Waals surface area contributed by atoms with Crippen molar-refractivity contribution < 1.29 is 9.53 Å². The lowest BCUT2D eigenvalue weighted by atomic mass is 10.3. The molecule has 1 aliphatic rings. The molecule has 0 unspecified atom stereocenters. The number of ether oxygens (including phenoxy) is 1. The Kier molecular flexibility index (Phi) is 1.58. The molecule has 1 aliphatic heterocycles. The Morgan fingerprint density at radius 3 is 3.00 bits per heavy atom. The third-order valence-electron chi connectivity index (χ3n) is 1.50. The summed E-state index contributed by atoms with van der Waals surface area (Å²) in [4.78, 5) is 15.8. The molecule has 0 radical (unpaired) electrons. The van der Waals surface area contributed by atoms with Crippen LogP contribution >= 0.6 is 11.3 Å². The Labute approximate surface area is 72.7 Å². The molecule has 0 aliphatic carbocycles. The molecular formula is C7H6N2O2S. The highest BCUT2D eigenvalue weighted by Crippen LogP contribution is 2.26. The van der Waals surface area contributed by atoms with E-state index in [2.05, 4.69) is 9.73 Å². The van der Waals surface area contributed by atoms with Crippen LogP contribution < -0.4 is 5.73 Å². The minimum Gasteiger partial charge on any atom is -0.391 e. The van der Waals surface area contributed by atoms with E-state index in [0.29, 0.717) is 0 Å². The number of carbonyl (C=O) groups excluding carboxylic acids is 1. The first kappa shape index (κ1) is 7.30. The number of hydrogen-bond donors (Lipinski definition) is 1. The topological polar surface area (TPSA) is 64.7 Å². The zero-order valence-electron chi connectivity index (χ0n) is 6.06. The highest BCUT2D eigenvalue weighted by molar-refractivity contribution is 7.10. The number of esters is 1. The molecule has 0 saturated heterocycles. The van der Waals surface area contributed by atoms with Gasteiger partial charge in [-0.3, -0.25) is 0 Å². The average molecular weight is 182 g/mol. The largest absolute Gasteiger partial charge is 0.391 e. The van der Waals surface area contributed by atoms with Gasteiger partial charge in [-0.25, -0.2) is 9.79 Å². The minimum atomic E-state index is -0.537. The van der Waals surface area contributed by atoms with Crippen molar-refractivity contribution in [1.82, 2.24) is 0 Å². The molecule has 0 bridgehead atoms. The van der Waals surface area contributed by atoms with Crippen molar-refractivity contribution in [3.05, 3.63) is 22.4 Å². The highest BCUT2D eigenvalue weighted by Gasteiger charge is 2.29. The molecule has 1 aromatic rings. The van der Waals surface area contributed by atoms with E-state index in [4.69, 9.17) is 5.73 Å². The van der Waals surface area contributed by atoms with E-state index >= 15 is 0 Å². The van der Waals surface area contributed by atoms with Gasteiger partial charge in [-0.15, -0.1) is 11.3 Å². The molecule has 2 rings (SSSR count). The van der Waals surface area contributed by atoms with Gasteiger partial charge < -0.3 is 10.5 Å². The molecule has 62 valence electrons. The first-order valence-electron chi connectivity index (χ1n) is 3.36. The first-order valence-corrected chi connectivity index (χ1v) is 4.24. The molecule has 12 heavy (non-hydrogen) atoms. The van der Waals surface area contributed by atoms with E-state index in [0.717, 1.165) is 4.88 Å². The van der Waals surface area contributed by atoms with Gasteiger partial charge in [-0.2, -0.15) is 0 Å². The maximum atomic E-state index is 11.1. The summed E-state index contributed by atoms with van der Waals surface area (Å²) in [7, 11) is 0. The van der Waals surface area contributed by atoms with Crippen LogP contribution in [-0.4, -0.2) is 12.0 Å². The number of nitrogens with two attached hydrogens (primary N) is 1. The molecule has 1 atom stereocenters. The summed E-state index contributed by atoms with van der Waals surface area (Å²) < 4.78 is 4.59. The number of cyclic esters (lactones) is 1. The average Bonchev–Trinajstić information content (AvgIpc) is 2.58. The van der Waals surface area contributed by atoms with E-state index in [1.807, 2.05) is 17.5 Å². The molecule has 0 spiro atoms. The fraction of sp³-hybridized carbons (Fsp3) is 0.143. The summed E-state index contributed by atoms with van der Waals surface area (Å²) >= 11 is 1.46. The van der Waals surface area contributed by atoms with Crippen molar-refractivity contribution in [3.63, 3.8) is 0 Å². The zero-order chi connectivity index (χ0) is 8.55. The van der Waals surface area contributed by atoms with Gasteiger partial charge in [0.05, 0.1) is 0 Å². The van der Waals surface area contributed by atoms with Crippen LogP contribution in [0.25, 0.3) is 0 Å². The van der Waals surface area contributed by atoms with Crippen molar-refractivity contribution in [2.75, 3.05) is 0 Å². The fourth-order valence-electron chi connectivity index (χ4n) is 0.992. The van der Waals surface area contributed by atoms with Crippen LogP contribution in [0.15, 0.2) is 22.5 Å². The Morgan fingerprint density at radius 1 is 1.67 bits per heavy atom. The normalized spacial score (nSPS) is 22.2. The van der Waals surface area contributed by atoms with Gasteiger partial charge in [0.15, 0.2) is 6.04 Å². The summed E-state index contributed by atoms with van der Waals surface area (Å²) in [6, 6.07) is 3.11. The molecule has 0 fully saturated rings. The second kappa shape index (κ2) is 2.60. The molecule has 0 aromatic carbocycles. The molecule has 1 aromatic heterocycles. The number of amidine groups is 1. The SMILES string of the molecule is NC1=N[C@@H](c2cccs2)C(=O)O1. The fourth-order valence-corrected chi connectivity index (χ4v) is 1.74. The standard InChI is InChI=1S/C7H6N2O2S/c8-7-9-5(6(10)11-7)4-2-1-3-12-4/h1-3,5H,(H2,8,9)/t5-/m0/s1. The third kappa shape index (κ3) is 1.08. The molecule has 2 N–H and O–H groups in total. The van der Waals surface area contributed by atoms with Gasteiger partial charge in [-0.05, 0) is 11.4 Å². The lowest BCUT2D eigenvalue weighted by Crippen LogP contribution is -2.13. The zero-order valence-corrected chi connectivity index (χ0v) is 6.88. The summed E-state index contributed by atoms with van der Waals surface area (Å²) in [6.45, 7) is 0. The lowest BCUT2D eigenvalue weighted by Gasteiger charge is -1.96. The molecule has 2 heterocycles. The first-order chi connectivity index (χ1) is 5.77. The quantitative estimate of drug-likeness (QED) is 0.649. The van der Waals surface area contributed by atoms with Crippen molar-refractivity contribution >= 4 is 23.3 Å². The van der Waals surface area contributed by atoms with Crippen LogP contribution in [0.2, 0.25) is 0 Å². The summed E-state index contributed by atoms with van der Waals surface area (Å²) in [5.74, 6) is -0.394. The lowest BCUT2D eigenvalue weighted by molar-refractivity contribution is -0.135. The van der Waals surface area contributed by atoms with Gasteiger partial charge in [0.1, 0.15) is 0 Å². The van der Waals surface area contributed by atoms with Gasteiger partial charge in [0.2, 0.25) is 0 Å². The Balaban J connectivity index is 2.31. The Bertz CT molecular complexity index is 331. The minimum absolute atomic E-state index is 0.0431. The molecular weight excluding hydrogens is 176 g/mol. The van der Waals surface area contributed by atoms with Crippen LogP contribution in [0.5, 0.6) is 0 Å². The Morgan fingerprint density at radius 2 is 2.50 bits per heavy atom. The van der Waals surface area contributed by atoms with Crippen molar-refractivity contribution in [2.45, 2.75) is 6.04 Å². The molecule has 0 saturated carbocycles. The van der Waals surface area contributed by atoms with E-state index in [1.165, 1.54) is 11.3 Å². The van der Waals surface area contributed by atoms with E-state index in [9.17, 15) is 4.79 Å². The number of nitrogens with zero attached hydrogens (tertiary/aromatic N) is 1. The molecule has 0 amide bonds. The van der Waals surface area contributed by atoms with Crippen molar-refractivity contribution in [2.24, 2.45) is 10.7 Å². The van der Waals surface area contributed by atoms with Crippen LogP contribution in [0.4, 0.5) is 0 Å². The summed E-state index contributed by atoms with van der Waals surface area (Å²) in [5.41, 5.74) is 5.23. The third-order valence-corrected chi connectivity index (χ3v) is 2.42. The maximum Gasteiger partial charge on any atom is 0.344 e. The number of carbonyl (C=O) groups is 1. The van der Waals surface area contributed by atoms with Gasteiger partial charge >= 0.3 is 5.97 Å². The van der Waals surface area contributed by atoms with Crippen molar-refractivity contribution in [3.8, 4) is 0 Å². The Hall–Kier alpha value is -1.36. The van der Waals surface area contributed by atoms with Gasteiger partial charge in [-0.1, -0.05) is 6.07 Å². The number of thiophene rings is 1. The number of hydrogen-bond acceptors (Lipinski definition) is 5. The molecule has 4 nitrogen and oxygen atoms in total. The van der Waals surface area contributed by atoms with Crippen LogP contribution in [0.3, 0.4) is 0 Å². The van der Waals surface area contributed by atoms with Crippen LogP contribution in [0.1, 0.15) is 10.9 Å². The van der Waals surface area contributed by atoms with Crippen LogP contribution in [0, 0.1) is 0 Å². The van der Waals surface area contributed by atoms with Crippen LogP contribution in [-0.2, 0) is 9.53 Å². The van der Waals surface area contributed by atoms with Crippen molar-refractivity contribution in [1.29, 1.82) is 0 Å². The summed E-state index contributed by atoms with van der Waals surface area (Å²) in [6.07, 6.45) is 0. The van der Waals surface area contributed by atoms with E-state index in [-0.39, 0.29) is 6.02 Å². The second-order valence-electron chi connectivity index (χ2n) is 2.31. The van der Waals surface area contributed by atoms with E-state index in [1.54, 1.807) is 0 Å². The van der Waals surface area contributed by atoms with Gasteiger partial charge in [0.25, 0.3) is 6.02 Å². The summed E-state index contributed by atoms with van der Waals surface area (Å²) in [5, 5.41) is 1.88. The second-order valence-corrected chi connectivity index (χ2v) is 3.29. The highest BCUT2D eigenvalue weighted by atomic mass is 32.1. The predicted molar refractivity (Wildman–Crippen MR) is 44.8 cm³/mol. The number of rotatable bonds is 1. The monoisotopic (exact) mass is 182 g/mol. The molecule has 5 heteroatoms. The van der Waals surface area contributed by atoms with E-state index < -0.39 is 12.0 Å². The maximum absolute atomic E-state index is 11.1. The predicted octanol–water partition coefficient (Wildman–Crippen LogP) is 0.661. The van der Waals surface area contributed by atoms with Gasteiger partial charge in [0, 0.05) is 4.88 Å². The smallest absolute Gasteiger partial charge is 0.344 e. The number of aliphatic imine (C=N–C) groups is 1.